The normalized spacial score (nSPS) is 17.9. The second-order valence-electron chi connectivity index (χ2n) is 9.01. The fourth-order valence-electron chi connectivity index (χ4n) is 4.73. The van der Waals surface area contributed by atoms with E-state index >= 15 is 0 Å². The molecule has 2 aromatic carbocycles. The predicted molar refractivity (Wildman–Crippen MR) is 147 cm³/mol. The summed E-state index contributed by atoms with van der Waals surface area (Å²) >= 11 is 7.60. The smallest absolute Gasteiger partial charge is 0.194 e. The lowest BCUT2D eigenvalue weighted by molar-refractivity contribution is 0.549. The molecule has 1 saturated heterocycles. The molecule has 7 heteroatoms. The van der Waals surface area contributed by atoms with Crippen LogP contribution in [0.4, 0.5) is 5.69 Å². The molecule has 0 amide bonds. The van der Waals surface area contributed by atoms with E-state index in [0.717, 1.165) is 27.7 Å². The van der Waals surface area contributed by atoms with E-state index in [1.54, 1.807) is 11.3 Å². The molecule has 0 saturated carbocycles. The number of fused-ring (bicyclic) bond motifs is 1. The number of hydrogen-bond acceptors (Lipinski definition) is 4. The first-order chi connectivity index (χ1) is 17.1. The lowest BCUT2D eigenvalue weighted by Gasteiger charge is -2.28. The van der Waals surface area contributed by atoms with Crippen LogP contribution in [-0.4, -0.2) is 19.6 Å². The summed E-state index contributed by atoms with van der Waals surface area (Å²) < 4.78 is 3.36. The number of thiazole rings is 1. The van der Waals surface area contributed by atoms with Crippen LogP contribution >= 0.6 is 23.6 Å². The molecule has 0 radical (unpaired) electrons. The second-order valence-corrected chi connectivity index (χ2v) is 10.4. The van der Waals surface area contributed by atoms with Gasteiger partial charge < -0.3 is 10.2 Å². The highest BCUT2D eigenvalue weighted by molar-refractivity contribution is 7.80. The van der Waals surface area contributed by atoms with Gasteiger partial charge in [0.1, 0.15) is 6.04 Å². The number of nitrogens with zero attached hydrogens (tertiary/aromatic N) is 4. The molecule has 1 fully saturated rings. The van der Waals surface area contributed by atoms with Crippen LogP contribution in [0.15, 0.2) is 91.3 Å². The Morgan fingerprint density at radius 1 is 0.943 bits per heavy atom. The van der Waals surface area contributed by atoms with Gasteiger partial charge in [-0.1, -0.05) is 55.5 Å². The van der Waals surface area contributed by atoms with Crippen molar-refractivity contribution in [3.63, 3.8) is 0 Å². The van der Waals surface area contributed by atoms with Crippen molar-refractivity contribution >= 4 is 44.6 Å². The number of rotatable bonds is 5. The number of thiocarbonyl (C=S) groups is 1. The van der Waals surface area contributed by atoms with Crippen molar-refractivity contribution in [2.45, 2.75) is 31.8 Å². The number of pyridine rings is 1. The average molecular weight is 496 g/mol. The van der Waals surface area contributed by atoms with E-state index in [2.05, 4.69) is 100 Å². The summed E-state index contributed by atoms with van der Waals surface area (Å²) in [7, 11) is 0. The van der Waals surface area contributed by atoms with Crippen LogP contribution in [0.1, 0.15) is 48.8 Å². The summed E-state index contributed by atoms with van der Waals surface area (Å²) in [5.41, 5.74) is 5.45. The van der Waals surface area contributed by atoms with Crippen molar-refractivity contribution in [2.24, 2.45) is 0 Å². The van der Waals surface area contributed by atoms with Gasteiger partial charge in [0.15, 0.2) is 10.2 Å². The van der Waals surface area contributed by atoms with Gasteiger partial charge in [0.2, 0.25) is 0 Å². The molecule has 4 heterocycles. The number of nitrogens with one attached hydrogen (secondary N) is 1. The van der Waals surface area contributed by atoms with Gasteiger partial charge in [0.25, 0.3) is 0 Å². The van der Waals surface area contributed by atoms with Gasteiger partial charge in [0.05, 0.1) is 27.6 Å². The van der Waals surface area contributed by atoms with E-state index in [-0.39, 0.29) is 12.1 Å². The van der Waals surface area contributed by atoms with Gasteiger partial charge in [-0.25, -0.2) is 4.98 Å². The van der Waals surface area contributed by atoms with E-state index in [4.69, 9.17) is 17.2 Å². The van der Waals surface area contributed by atoms with Gasteiger partial charge >= 0.3 is 0 Å². The molecule has 2 atom stereocenters. The highest BCUT2D eigenvalue weighted by atomic mass is 32.1. The zero-order valence-electron chi connectivity index (χ0n) is 19.5. The largest absolute Gasteiger partial charge is 0.351 e. The monoisotopic (exact) mass is 495 g/mol. The summed E-state index contributed by atoms with van der Waals surface area (Å²) in [5.74, 6) is 0.473. The molecule has 0 aliphatic carbocycles. The number of benzene rings is 2. The quantitative estimate of drug-likeness (QED) is 0.272. The summed E-state index contributed by atoms with van der Waals surface area (Å²) in [6.07, 6.45) is 3.92. The molecular formula is C28H25N5S2. The molecule has 1 N–H and O–H groups in total. The van der Waals surface area contributed by atoms with Crippen molar-refractivity contribution in [1.29, 1.82) is 0 Å². The highest BCUT2D eigenvalue weighted by Crippen LogP contribution is 2.43. The van der Waals surface area contributed by atoms with Gasteiger partial charge in [-0.15, -0.1) is 0 Å². The van der Waals surface area contributed by atoms with Gasteiger partial charge in [-0.05, 0) is 72.2 Å². The summed E-state index contributed by atoms with van der Waals surface area (Å²) in [4.78, 5) is 11.8. The third kappa shape index (κ3) is 3.90. The number of para-hydroxylation sites is 1. The maximum atomic E-state index is 5.91. The Morgan fingerprint density at radius 3 is 2.49 bits per heavy atom. The molecule has 1 aliphatic rings. The third-order valence-electron chi connectivity index (χ3n) is 6.51. The maximum Gasteiger partial charge on any atom is 0.194 e. The van der Waals surface area contributed by atoms with Crippen LogP contribution in [0.2, 0.25) is 0 Å². The van der Waals surface area contributed by atoms with Gasteiger partial charge in [0, 0.05) is 18.1 Å². The summed E-state index contributed by atoms with van der Waals surface area (Å²) in [6.45, 7) is 4.42. The first-order valence-electron chi connectivity index (χ1n) is 11.7. The molecule has 6 rings (SSSR count). The average Bonchev–Trinajstić information content (AvgIpc) is 3.60. The Bertz CT molecular complexity index is 1450. The van der Waals surface area contributed by atoms with Crippen LogP contribution < -0.4 is 10.2 Å². The highest BCUT2D eigenvalue weighted by Gasteiger charge is 2.42. The topological polar surface area (TPSA) is 46.0 Å². The first kappa shape index (κ1) is 21.9. The SMILES string of the molecule is CC(C)c1ccc(N2C(=S)N[C@H](c3ccccn3)[C@@H]2c2cccn2-c2nc3ccccc3s2)cc1. The van der Waals surface area contributed by atoms with Crippen LogP contribution in [0.5, 0.6) is 0 Å². The Labute approximate surface area is 214 Å². The predicted octanol–water partition coefficient (Wildman–Crippen LogP) is 6.78. The zero-order valence-corrected chi connectivity index (χ0v) is 21.1. The standard InChI is InChI=1S/C28H25N5S2/c1-18(2)19-12-14-20(15-13-19)33-26(25(31-27(33)34)22-9-5-6-16-29-22)23-10-7-17-32(23)28-30-21-8-3-4-11-24(21)35-28/h3-18,25-26H,1-2H3,(H,31,34)/t25-,26+/m1/s1. The van der Waals surface area contributed by atoms with E-state index in [1.807, 2.05) is 24.4 Å². The fourth-order valence-corrected chi connectivity index (χ4v) is 6.04. The Kier molecular flexibility index (Phi) is 5.59. The van der Waals surface area contributed by atoms with Crippen molar-refractivity contribution in [1.82, 2.24) is 19.9 Å². The molecule has 1 aliphatic heterocycles. The molecule has 35 heavy (non-hydrogen) atoms. The molecule has 3 aromatic heterocycles. The van der Waals surface area contributed by atoms with Gasteiger partial charge in [-0.3, -0.25) is 9.55 Å². The molecule has 5 nitrogen and oxygen atoms in total. The lowest BCUT2D eigenvalue weighted by Crippen LogP contribution is -2.30. The van der Waals surface area contributed by atoms with Gasteiger partial charge in [-0.2, -0.15) is 0 Å². The Morgan fingerprint density at radius 2 is 1.74 bits per heavy atom. The van der Waals surface area contributed by atoms with E-state index < -0.39 is 0 Å². The van der Waals surface area contributed by atoms with Crippen LogP contribution in [0, 0.1) is 0 Å². The van der Waals surface area contributed by atoms with E-state index in [0.29, 0.717) is 11.0 Å². The molecular weight excluding hydrogens is 470 g/mol. The fraction of sp³-hybridized carbons (Fsp3) is 0.179. The van der Waals surface area contributed by atoms with Crippen LogP contribution in [0.3, 0.4) is 0 Å². The maximum absolute atomic E-state index is 5.91. The molecule has 0 unspecified atom stereocenters. The van der Waals surface area contributed by atoms with Crippen molar-refractivity contribution < 1.29 is 0 Å². The molecule has 174 valence electrons. The van der Waals surface area contributed by atoms with E-state index in [9.17, 15) is 0 Å². The third-order valence-corrected chi connectivity index (χ3v) is 7.86. The molecule has 0 spiro atoms. The second kappa shape index (κ2) is 8.91. The first-order valence-corrected chi connectivity index (χ1v) is 13.0. The van der Waals surface area contributed by atoms with Crippen molar-refractivity contribution in [3.8, 4) is 5.13 Å². The summed E-state index contributed by atoms with van der Waals surface area (Å²) in [6, 6.07) is 27.1. The molecule has 5 aromatic rings. The number of aromatic nitrogens is 3. The minimum absolute atomic E-state index is 0.0932. The molecule has 0 bridgehead atoms. The van der Waals surface area contributed by atoms with Crippen LogP contribution in [-0.2, 0) is 0 Å². The van der Waals surface area contributed by atoms with Crippen molar-refractivity contribution in [2.75, 3.05) is 4.90 Å². The number of anilines is 1. The minimum atomic E-state index is -0.100. The minimum Gasteiger partial charge on any atom is -0.351 e. The van der Waals surface area contributed by atoms with E-state index in [1.165, 1.54) is 10.3 Å². The van der Waals surface area contributed by atoms with Crippen LogP contribution in [0.25, 0.3) is 15.3 Å². The summed E-state index contributed by atoms with van der Waals surface area (Å²) in [5, 5.41) is 5.20. The Balaban J connectivity index is 1.49. The Hall–Kier alpha value is -3.55. The zero-order chi connectivity index (χ0) is 23.9. The number of hydrogen-bond donors (Lipinski definition) is 1. The lowest BCUT2D eigenvalue weighted by atomic mass is 9.99. The van der Waals surface area contributed by atoms with Crippen molar-refractivity contribution in [3.05, 3.63) is 108 Å².